The number of carboxylic acids is 1. The molecule has 0 unspecified atom stereocenters. The van der Waals surface area contributed by atoms with Gasteiger partial charge in [0.1, 0.15) is 6.61 Å². The zero-order valence-corrected chi connectivity index (χ0v) is 10.3. The number of carbonyl (C=O) groups excluding carboxylic acids is 1. The molecule has 1 N–H and O–H groups in total. The smallest absolute Gasteiger partial charge is 0.333 e. The first-order valence-corrected chi connectivity index (χ1v) is 4.15. The molecule has 0 heterocycles. The molecule has 0 spiro atoms. The number of carbonyl (C=O) groups is 2. The average molecular weight is 249 g/mol. The van der Waals surface area contributed by atoms with Crippen molar-refractivity contribution in [2.24, 2.45) is 0 Å². The van der Waals surface area contributed by atoms with Crippen LogP contribution in [0.2, 0.25) is 0 Å². The topological polar surface area (TPSA) is 63.6 Å². The molecule has 0 aromatic rings. The molecule has 0 bridgehead atoms. The average Bonchev–Trinajstić information content (AvgIpc) is 2.14. The predicted molar refractivity (Wildman–Crippen MR) is 65.7 cm³/mol. The van der Waals surface area contributed by atoms with Crippen LogP contribution < -0.4 is 0 Å². The molecule has 0 aliphatic rings. The normalized spacial score (nSPS) is 7.38. The quantitative estimate of drug-likeness (QED) is 0.471. The van der Waals surface area contributed by atoms with Gasteiger partial charge in [0, 0.05) is 11.1 Å². The number of esters is 1. The van der Waals surface area contributed by atoms with E-state index in [1.54, 1.807) is 6.92 Å². The minimum atomic E-state index is -0.935. The molecule has 5 heteroatoms. The van der Waals surface area contributed by atoms with Gasteiger partial charge in [-0.15, -0.1) is 12.4 Å². The molecule has 0 rings (SSSR count). The summed E-state index contributed by atoms with van der Waals surface area (Å²) in [6, 6.07) is 0. The summed E-state index contributed by atoms with van der Waals surface area (Å²) in [5.74, 6) is -1.30. The van der Waals surface area contributed by atoms with Crippen LogP contribution in [0.25, 0.3) is 0 Å². The minimum Gasteiger partial charge on any atom is -0.478 e. The summed E-state index contributed by atoms with van der Waals surface area (Å²) in [5, 5.41) is 7.89. The lowest BCUT2D eigenvalue weighted by Crippen LogP contribution is -2.03. The van der Waals surface area contributed by atoms with Crippen molar-refractivity contribution >= 4 is 24.3 Å². The van der Waals surface area contributed by atoms with E-state index in [1.165, 1.54) is 13.0 Å². The van der Waals surface area contributed by atoms with Gasteiger partial charge < -0.3 is 9.84 Å². The molecular formula is C11H17ClO4. The first-order valence-electron chi connectivity index (χ1n) is 4.15. The Kier molecular flexibility index (Phi) is 14.4. The van der Waals surface area contributed by atoms with Crippen molar-refractivity contribution in [3.8, 4) is 0 Å². The third-order valence-electron chi connectivity index (χ3n) is 1.05. The van der Waals surface area contributed by atoms with Crippen molar-refractivity contribution in [2.75, 3.05) is 6.61 Å². The Bertz CT molecular complexity index is 270. The Morgan fingerprint density at radius 3 is 1.81 bits per heavy atom. The van der Waals surface area contributed by atoms with Crippen LogP contribution >= 0.6 is 12.4 Å². The van der Waals surface area contributed by atoms with Gasteiger partial charge in [-0.2, -0.15) is 0 Å². The number of hydrogen-bond donors (Lipinski definition) is 1. The van der Waals surface area contributed by atoms with Crippen LogP contribution in [0.1, 0.15) is 13.8 Å². The maximum absolute atomic E-state index is 10.5. The zero-order chi connectivity index (χ0) is 12.4. The molecule has 0 fully saturated rings. The number of aliphatic carboxylic acids is 1. The van der Waals surface area contributed by atoms with Crippen LogP contribution in [0.15, 0.2) is 37.0 Å². The molecule has 0 aromatic carbocycles. The van der Waals surface area contributed by atoms with Crippen LogP contribution in [0.5, 0.6) is 0 Å². The SMILES string of the molecule is C=C(C)C(=O)O.C=CCOC(=O)C(=C)C.Cl. The largest absolute Gasteiger partial charge is 0.478 e. The lowest BCUT2D eigenvalue weighted by atomic mass is 10.4. The standard InChI is InChI=1S/C7H10O2.C4H6O2.ClH/c1-4-5-9-7(8)6(2)3;1-3(2)4(5)6;/h4H,1-2,5H2,3H3;1H2,2H3,(H,5,6);1H. The predicted octanol–water partition coefficient (Wildman–Crippen LogP) is 2.36. The fraction of sp³-hybridized carbons (Fsp3) is 0.273. The van der Waals surface area contributed by atoms with Gasteiger partial charge in [0.25, 0.3) is 0 Å². The summed E-state index contributed by atoms with van der Waals surface area (Å²) in [4.78, 5) is 20.1. The summed E-state index contributed by atoms with van der Waals surface area (Å²) in [7, 11) is 0. The molecule has 0 amide bonds. The van der Waals surface area contributed by atoms with E-state index in [0.29, 0.717) is 5.57 Å². The lowest BCUT2D eigenvalue weighted by Gasteiger charge is -1.97. The highest BCUT2D eigenvalue weighted by Gasteiger charge is 1.98. The van der Waals surface area contributed by atoms with Gasteiger partial charge in [0.2, 0.25) is 0 Å². The van der Waals surface area contributed by atoms with E-state index in [2.05, 4.69) is 24.5 Å². The summed E-state index contributed by atoms with van der Waals surface area (Å²) in [6.07, 6.45) is 1.51. The van der Waals surface area contributed by atoms with E-state index in [1.807, 2.05) is 0 Å². The monoisotopic (exact) mass is 248 g/mol. The number of carboxylic acid groups (broad SMARTS) is 1. The van der Waals surface area contributed by atoms with E-state index in [-0.39, 0.29) is 30.6 Å². The van der Waals surface area contributed by atoms with Gasteiger partial charge in [-0.1, -0.05) is 25.8 Å². The van der Waals surface area contributed by atoms with Crippen molar-refractivity contribution in [1.82, 2.24) is 0 Å². The molecule has 4 nitrogen and oxygen atoms in total. The van der Waals surface area contributed by atoms with Gasteiger partial charge in [0.15, 0.2) is 0 Å². The van der Waals surface area contributed by atoms with Crippen molar-refractivity contribution in [3.05, 3.63) is 37.0 Å². The molecule has 0 saturated heterocycles. The molecule has 0 aliphatic carbocycles. The van der Waals surface area contributed by atoms with Crippen molar-refractivity contribution < 1.29 is 19.4 Å². The van der Waals surface area contributed by atoms with Gasteiger partial charge >= 0.3 is 11.9 Å². The summed E-state index contributed by atoms with van der Waals surface area (Å²) >= 11 is 0. The third-order valence-corrected chi connectivity index (χ3v) is 1.05. The van der Waals surface area contributed by atoms with Crippen LogP contribution in [0.3, 0.4) is 0 Å². The Morgan fingerprint density at radius 2 is 1.62 bits per heavy atom. The van der Waals surface area contributed by atoms with E-state index in [9.17, 15) is 9.59 Å². The fourth-order valence-corrected chi connectivity index (χ4v) is 0.258. The molecule has 92 valence electrons. The van der Waals surface area contributed by atoms with E-state index in [0.717, 1.165) is 0 Å². The molecular weight excluding hydrogens is 232 g/mol. The summed E-state index contributed by atoms with van der Waals surface area (Å²) in [5.41, 5.74) is 0.590. The van der Waals surface area contributed by atoms with E-state index >= 15 is 0 Å². The van der Waals surface area contributed by atoms with Crippen LogP contribution in [0.4, 0.5) is 0 Å². The molecule has 16 heavy (non-hydrogen) atoms. The van der Waals surface area contributed by atoms with Crippen LogP contribution in [0, 0.1) is 0 Å². The fourth-order valence-electron chi connectivity index (χ4n) is 0.258. The summed E-state index contributed by atoms with van der Waals surface area (Å²) in [6.45, 7) is 13.2. The first-order chi connectivity index (χ1) is 6.82. The lowest BCUT2D eigenvalue weighted by molar-refractivity contribution is -0.137. The maximum atomic E-state index is 10.5. The zero-order valence-electron chi connectivity index (χ0n) is 9.49. The van der Waals surface area contributed by atoms with Crippen LogP contribution in [-0.4, -0.2) is 23.7 Å². The second-order valence-corrected chi connectivity index (χ2v) is 2.75. The molecule has 0 atom stereocenters. The second-order valence-electron chi connectivity index (χ2n) is 2.75. The molecule has 0 radical (unpaired) electrons. The van der Waals surface area contributed by atoms with E-state index in [4.69, 9.17) is 5.11 Å². The Morgan fingerprint density at radius 1 is 1.25 bits per heavy atom. The second kappa shape index (κ2) is 11.5. The van der Waals surface area contributed by atoms with Gasteiger partial charge in [-0.25, -0.2) is 9.59 Å². The molecule has 0 aromatic heterocycles. The number of rotatable bonds is 4. The van der Waals surface area contributed by atoms with Gasteiger partial charge in [-0.05, 0) is 13.8 Å². The molecule has 0 aliphatic heterocycles. The number of hydrogen-bond acceptors (Lipinski definition) is 3. The van der Waals surface area contributed by atoms with Crippen molar-refractivity contribution in [2.45, 2.75) is 13.8 Å². The number of halogens is 1. The summed E-state index contributed by atoms with van der Waals surface area (Å²) < 4.78 is 4.60. The van der Waals surface area contributed by atoms with Crippen LogP contribution in [-0.2, 0) is 14.3 Å². The first kappa shape index (κ1) is 19.9. The maximum Gasteiger partial charge on any atom is 0.333 e. The van der Waals surface area contributed by atoms with Gasteiger partial charge in [0.05, 0.1) is 0 Å². The Hall–Kier alpha value is -1.55. The van der Waals surface area contributed by atoms with Crippen molar-refractivity contribution in [3.63, 3.8) is 0 Å². The van der Waals surface area contributed by atoms with E-state index < -0.39 is 5.97 Å². The highest BCUT2D eigenvalue weighted by molar-refractivity contribution is 5.87. The van der Waals surface area contributed by atoms with Crippen molar-refractivity contribution in [1.29, 1.82) is 0 Å². The molecule has 0 saturated carbocycles. The third kappa shape index (κ3) is 14.9. The highest BCUT2D eigenvalue weighted by atomic mass is 35.5. The minimum absolute atomic E-state index is 0. The number of ether oxygens (including phenoxy) is 1. The Balaban J connectivity index is -0.000000214. The highest BCUT2D eigenvalue weighted by Crippen LogP contribution is 1.90. The van der Waals surface area contributed by atoms with Gasteiger partial charge in [-0.3, -0.25) is 0 Å². The Labute approximate surface area is 102 Å².